The number of nitrogens with zero attached hydrogens (tertiary/aromatic N) is 5. The van der Waals surface area contributed by atoms with Gasteiger partial charge in [-0.2, -0.15) is 10.4 Å². The van der Waals surface area contributed by atoms with Crippen molar-refractivity contribution in [3.8, 4) is 17.3 Å². The Morgan fingerprint density at radius 2 is 2.23 bits per heavy atom. The minimum absolute atomic E-state index is 0.389. The van der Waals surface area contributed by atoms with Crippen LogP contribution in [-0.4, -0.2) is 32.8 Å². The Hall–Kier alpha value is -3.40. The van der Waals surface area contributed by atoms with Crippen molar-refractivity contribution in [2.24, 2.45) is 0 Å². The lowest BCUT2D eigenvalue weighted by Gasteiger charge is -2.14. The molecule has 3 aromatic rings. The molecule has 7 nitrogen and oxygen atoms in total. The summed E-state index contributed by atoms with van der Waals surface area (Å²) in [7, 11) is 1.48. The van der Waals surface area contributed by atoms with Crippen LogP contribution in [0.1, 0.15) is 5.56 Å². The molecule has 0 aliphatic heterocycles. The molecule has 0 saturated heterocycles. The third-order valence-corrected chi connectivity index (χ3v) is 3.34. The van der Waals surface area contributed by atoms with E-state index in [0.29, 0.717) is 16.9 Å². The van der Waals surface area contributed by atoms with Crippen LogP contribution in [0.5, 0.6) is 0 Å². The molecule has 1 amide bonds. The van der Waals surface area contributed by atoms with Gasteiger partial charge in [-0.15, -0.1) is 0 Å². The molecule has 0 fully saturated rings. The summed E-state index contributed by atoms with van der Waals surface area (Å²) in [5.41, 5.74) is 2.91. The Morgan fingerprint density at radius 1 is 1.41 bits per heavy atom. The van der Waals surface area contributed by atoms with Crippen molar-refractivity contribution in [2.75, 3.05) is 11.9 Å². The van der Waals surface area contributed by atoms with Gasteiger partial charge in [0.25, 0.3) is 0 Å². The van der Waals surface area contributed by atoms with E-state index < -0.39 is 6.09 Å². The second kappa shape index (κ2) is 5.18. The molecule has 0 aliphatic carbocycles. The van der Waals surface area contributed by atoms with E-state index in [0.717, 1.165) is 16.2 Å². The quantitative estimate of drug-likeness (QED) is 0.782. The summed E-state index contributed by atoms with van der Waals surface area (Å²) in [5.74, 6) is 0. The lowest BCUT2D eigenvalue weighted by Crippen LogP contribution is -2.23. The summed E-state index contributed by atoms with van der Waals surface area (Å²) in [6, 6.07) is 10.9. The van der Waals surface area contributed by atoms with Gasteiger partial charge in [-0.3, -0.25) is 4.90 Å². The molecule has 7 heteroatoms. The maximum absolute atomic E-state index is 11.1. The Kier molecular flexibility index (Phi) is 3.20. The molecule has 2 heterocycles. The predicted molar refractivity (Wildman–Crippen MR) is 79.6 cm³/mol. The van der Waals surface area contributed by atoms with Gasteiger partial charge >= 0.3 is 6.09 Å². The van der Waals surface area contributed by atoms with Crippen molar-refractivity contribution in [1.29, 1.82) is 5.26 Å². The summed E-state index contributed by atoms with van der Waals surface area (Å²) in [4.78, 5) is 16.4. The van der Waals surface area contributed by atoms with E-state index in [1.165, 1.54) is 13.2 Å². The van der Waals surface area contributed by atoms with Crippen LogP contribution in [0.2, 0.25) is 0 Å². The summed E-state index contributed by atoms with van der Waals surface area (Å²) in [6.07, 6.45) is 2.02. The molecule has 0 radical (unpaired) electrons. The standard InChI is InChI=1S/C15H11N5O2/c1-19(15(21)22)12-4-2-3-10(7-12)13-5-6-17-14-11(8-16)9-18-20(13)14/h2-7,9H,1H3,(H,21,22). The van der Waals surface area contributed by atoms with Crippen LogP contribution in [0, 0.1) is 11.3 Å². The first kappa shape index (κ1) is 13.6. The molecule has 1 aromatic carbocycles. The number of rotatable bonds is 2. The topological polar surface area (TPSA) is 94.5 Å². The van der Waals surface area contributed by atoms with Gasteiger partial charge in [0.1, 0.15) is 11.6 Å². The van der Waals surface area contributed by atoms with E-state index in [1.54, 1.807) is 35.0 Å². The number of carbonyl (C=O) groups is 1. The zero-order valence-electron chi connectivity index (χ0n) is 11.6. The number of hydrogen-bond acceptors (Lipinski definition) is 4. The normalized spacial score (nSPS) is 10.4. The summed E-state index contributed by atoms with van der Waals surface area (Å²) >= 11 is 0. The largest absolute Gasteiger partial charge is 0.465 e. The lowest BCUT2D eigenvalue weighted by molar-refractivity contribution is 0.203. The van der Waals surface area contributed by atoms with Crippen LogP contribution in [0.4, 0.5) is 10.5 Å². The van der Waals surface area contributed by atoms with Crippen molar-refractivity contribution < 1.29 is 9.90 Å². The predicted octanol–water partition coefficient (Wildman–Crippen LogP) is 2.38. The van der Waals surface area contributed by atoms with Gasteiger partial charge in [-0.05, 0) is 18.2 Å². The first-order chi connectivity index (χ1) is 10.6. The number of hydrogen-bond donors (Lipinski definition) is 1. The second-order valence-corrected chi connectivity index (χ2v) is 4.63. The second-order valence-electron chi connectivity index (χ2n) is 4.63. The molecular formula is C15H11N5O2. The summed E-state index contributed by atoms with van der Waals surface area (Å²) in [5, 5.41) is 22.3. The molecule has 0 bridgehead atoms. The molecule has 0 unspecified atom stereocenters. The fourth-order valence-corrected chi connectivity index (χ4v) is 2.17. The Labute approximate surface area is 125 Å². The number of nitriles is 1. The number of fused-ring (bicyclic) bond motifs is 1. The van der Waals surface area contributed by atoms with Crippen LogP contribution in [0.15, 0.2) is 42.7 Å². The van der Waals surface area contributed by atoms with Gasteiger partial charge in [0.15, 0.2) is 5.65 Å². The number of benzene rings is 1. The van der Waals surface area contributed by atoms with Gasteiger partial charge in [-0.1, -0.05) is 12.1 Å². The minimum Gasteiger partial charge on any atom is -0.465 e. The Balaban J connectivity index is 2.16. The minimum atomic E-state index is -1.04. The fourth-order valence-electron chi connectivity index (χ4n) is 2.17. The van der Waals surface area contributed by atoms with Gasteiger partial charge in [0.2, 0.25) is 0 Å². The van der Waals surface area contributed by atoms with Crippen LogP contribution in [-0.2, 0) is 0 Å². The van der Waals surface area contributed by atoms with Gasteiger partial charge in [0, 0.05) is 24.5 Å². The molecule has 0 atom stereocenters. The zero-order chi connectivity index (χ0) is 15.7. The fraction of sp³-hybridized carbons (Fsp3) is 0.0667. The highest BCUT2D eigenvalue weighted by molar-refractivity contribution is 5.86. The molecule has 2 aromatic heterocycles. The van der Waals surface area contributed by atoms with E-state index in [4.69, 9.17) is 10.4 Å². The average Bonchev–Trinajstić information content (AvgIpc) is 2.97. The monoisotopic (exact) mass is 293 g/mol. The molecule has 0 spiro atoms. The highest BCUT2D eigenvalue weighted by Crippen LogP contribution is 2.25. The first-order valence-corrected chi connectivity index (χ1v) is 6.42. The van der Waals surface area contributed by atoms with Gasteiger partial charge in [-0.25, -0.2) is 14.3 Å². The van der Waals surface area contributed by atoms with E-state index >= 15 is 0 Å². The smallest absolute Gasteiger partial charge is 0.411 e. The highest BCUT2D eigenvalue weighted by Gasteiger charge is 2.12. The number of aromatic nitrogens is 3. The molecule has 1 N–H and O–H groups in total. The maximum Gasteiger partial charge on any atom is 0.411 e. The first-order valence-electron chi connectivity index (χ1n) is 6.42. The number of anilines is 1. The maximum atomic E-state index is 11.1. The summed E-state index contributed by atoms with van der Waals surface area (Å²) in [6.45, 7) is 0. The Morgan fingerprint density at radius 3 is 2.95 bits per heavy atom. The van der Waals surface area contributed by atoms with Gasteiger partial charge < -0.3 is 5.11 Å². The van der Waals surface area contributed by atoms with Crippen LogP contribution in [0.25, 0.3) is 16.9 Å². The van der Waals surface area contributed by atoms with Crippen molar-refractivity contribution in [1.82, 2.24) is 14.6 Å². The molecule has 0 aliphatic rings. The van der Waals surface area contributed by atoms with Crippen LogP contribution < -0.4 is 4.90 Å². The van der Waals surface area contributed by atoms with Gasteiger partial charge in [0.05, 0.1) is 11.9 Å². The SMILES string of the molecule is CN(C(=O)O)c1cccc(-c2ccnc3c(C#N)cnn23)c1. The molecule has 0 saturated carbocycles. The molecule has 22 heavy (non-hydrogen) atoms. The highest BCUT2D eigenvalue weighted by atomic mass is 16.4. The van der Waals surface area contributed by atoms with Crippen molar-refractivity contribution in [3.63, 3.8) is 0 Å². The van der Waals surface area contributed by atoms with E-state index in [-0.39, 0.29) is 0 Å². The Bertz CT molecular complexity index is 910. The third kappa shape index (κ3) is 2.13. The van der Waals surface area contributed by atoms with Crippen LogP contribution in [0.3, 0.4) is 0 Å². The third-order valence-electron chi connectivity index (χ3n) is 3.34. The van der Waals surface area contributed by atoms with Crippen molar-refractivity contribution in [2.45, 2.75) is 0 Å². The zero-order valence-corrected chi connectivity index (χ0v) is 11.6. The van der Waals surface area contributed by atoms with E-state index in [1.807, 2.05) is 12.1 Å². The number of carboxylic acid groups (broad SMARTS) is 1. The van der Waals surface area contributed by atoms with Crippen molar-refractivity contribution in [3.05, 3.63) is 48.3 Å². The average molecular weight is 293 g/mol. The van der Waals surface area contributed by atoms with Crippen LogP contribution >= 0.6 is 0 Å². The number of amides is 1. The lowest BCUT2D eigenvalue weighted by atomic mass is 10.1. The van der Waals surface area contributed by atoms with Crippen molar-refractivity contribution >= 4 is 17.4 Å². The van der Waals surface area contributed by atoms with E-state index in [2.05, 4.69) is 10.1 Å². The van der Waals surface area contributed by atoms with E-state index in [9.17, 15) is 4.79 Å². The molecule has 3 rings (SSSR count). The summed E-state index contributed by atoms with van der Waals surface area (Å²) < 4.78 is 1.57. The molecular weight excluding hydrogens is 282 g/mol. The molecule has 108 valence electrons.